The van der Waals surface area contributed by atoms with Gasteiger partial charge in [0.1, 0.15) is 11.5 Å². The van der Waals surface area contributed by atoms with E-state index >= 15 is 0 Å². The Kier molecular flexibility index (Phi) is 4.20. The van der Waals surface area contributed by atoms with Gasteiger partial charge in [0.05, 0.1) is 12.8 Å². The highest BCUT2D eigenvalue weighted by Crippen LogP contribution is 2.51. The summed E-state index contributed by atoms with van der Waals surface area (Å²) in [5, 5.41) is 0. The van der Waals surface area contributed by atoms with E-state index in [1.165, 1.54) is 12.8 Å². The second-order valence-corrected chi connectivity index (χ2v) is 7.61. The Labute approximate surface area is 148 Å². The molecule has 0 bridgehead atoms. The SMILES string of the molecule is Cc1ccc(C(=O)N2CCC3(CC[C@@H]3N(C)Cc3ccco3)CC2)o1. The molecule has 5 nitrogen and oxygen atoms in total. The van der Waals surface area contributed by atoms with Gasteiger partial charge in [0, 0.05) is 19.1 Å². The summed E-state index contributed by atoms with van der Waals surface area (Å²) in [7, 11) is 2.19. The van der Waals surface area contributed by atoms with Crippen molar-refractivity contribution in [3.63, 3.8) is 0 Å². The van der Waals surface area contributed by atoms with Crippen molar-refractivity contribution in [1.29, 1.82) is 0 Å². The zero-order valence-corrected chi connectivity index (χ0v) is 15.0. The Bertz CT molecular complexity index is 726. The number of likely N-dealkylation sites (tertiary alicyclic amines) is 1. The molecule has 2 aliphatic rings. The third-order valence-corrected chi connectivity index (χ3v) is 6.14. The van der Waals surface area contributed by atoms with Crippen LogP contribution in [-0.4, -0.2) is 41.9 Å². The van der Waals surface area contributed by atoms with Crippen LogP contribution in [0.5, 0.6) is 0 Å². The fourth-order valence-electron chi connectivity index (χ4n) is 4.57. The normalized spacial score (nSPS) is 22.4. The Morgan fingerprint density at radius 3 is 2.64 bits per heavy atom. The van der Waals surface area contributed by atoms with Gasteiger partial charge in [0.25, 0.3) is 5.91 Å². The van der Waals surface area contributed by atoms with Crippen LogP contribution in [0.25, 0.3) is 0 Å². The molecule has 4 rings (SSSR count). The van der Waals surface area contributed by atoms with Crippen molar-refractivity contribution in [3.05, 3.63) is 47.8 Å². The smallest absolute Gasteiger partial charge is 0.289 e. The molecule has 0 aromatic carbocycles. The van der Waals surface area contributed by atoms with Crippen LogP contribution in [0.3, 0.4) is 0 Å². The molecule has 3 heterocycles. The Hall–Kier alpha value is -2.01. The molecule has 1 spiro atoms. The maximum absolute atomic E-state index is 12.6. The third-order valence-electron chi connectivity index (χ3n) is 6.14. The average Bonchev–Trinajstić information content (AvgIpc) is 3.25. The molecule has 1 amide bonds. The molecule has 25 heavy (non-hydrogen) atoms. The molecule has 2 aromatic rings. The van der Waals surface area contributed by atoms with E-state index in [9.17, 15) is 4.79 Å². The Balaban J connectivity index is 1.36. The van der Waals surface area contributed by atoms with Crippen molar-refractivity contribution in [3.8, 4) is 0 Å². The monoisotopic (exact) mass is 342 g/mol. The van der Waals surface area contributed by atoms with E-state index in [-0.39, 0.29) is 5.91 Å². The zero-order valence-electron chi connectivity index (χ0n) is 15.0. The first-order valence-electron chi connectivity index (χ1n) is 9.16. The van der Waals surface area contributed by atoms with Crippen molar-refractivity contribution < 1.29 is 13.6 Å². The van der Waals surface area contributed by atoms with Crippen molar-refractivity contribution in [1.82, 2.24) is 9.80 Å². The highest BCUT2D eigenvalue weighted by Gasteiger charge is 2.50. The zero-order chi connectivity index (χ0) is 17.4. The molecule has 134 valence electrons. The van der Waals surface area contributed by atoms with Gasteiger partial charge in [-0.1, -0.05) is 0 Å². The highest BCUT2D eigenvalue weighted by molar-refractivity contribution is 5.91. The first-order valence-corrected chi connectivity index (χ1v) is 9.16. The third kappa shape index (κ3) is 3.01. The number of amides is 1. The van der Waals surface area contributed by atoms with Gasteiger partial charge in [-0.2, -0.15) is 0 Å². The van der Waals surface area contributed by atoms with Crippen molar-refractivity contribution in [2.45, 2.75) is 45.2 Å². The Morgan fingerprint density at radius 2 is 2.08 bits per heavy atom. The number of furan rings is 2. The van der Waals surface area contributed by atoms with Crippen LogP contribution >= 0.6 is 0 Å². The molecular weight excluding hydrogens is 316 g/mol. The molecule has 5 heteroatoms. The van der Waals surface area contributed by atoms with Crippen LogP contribution in [-0.2, 0) is 6.54 Å². The van der Waals surface area contributed by atoms with Crippen molar-refractivity contribution >= 4 is 5.91 Å². The molecule has 2 fully saturated rings. The van der Waals surface area contributed by atoms with Gasteiger partial charge in [-0.25, -0.2) is 0 Å². The number of hydrogen-bond donors (Lipinski definition) is 0. The van der Waals surface area contributed by atoms with Gasteiger partial charge >= 0.3 is 0 Å². The lowest BCUT2D eigenvalue weighted by molar-refractivity contribution is -0.0593. The molecular formula is C20H26N2O3. The van der Waals surface area contributed by atoms with E-state index in [1.54, 1.807) is 12.3 Å². The molecule has 1 aliphatic heterocycles. The van der Waals surface area contributed by atoms with E-state index in [1.807, 2.05) is 30.0 Å². The van der Waals surface area contributed by atoms with Gasteiger partial charge in [-0.3, -0.25) is 9.69 Å². The number of piperidine rings is 1. The molecule has 2 aromatic heterocycles. The van der Waals surface area contributed by atoms with Crippen molar-refractivity contribution in [2.75, 3.05) is 20.1 Å². The minimum atomic E-state index is 0.0303. The first-order chi connectivity index (χ1) is 12.1. The summed E-state index contributed by atoms with van der Waals surface area (Å²) in [6, 6.07) is 8.20. The minimum Gasteiger partial charge on any atom is -0.468 e. The van der Waals surface area contributed by atoms with Gasteiger partial charge < -0.3 is 13.7 Å². The number of rotatable bonds is 4. The van der Waals surface area contributed by atoms with E-state index in [0.717, 1.165) is 44.0 Å². The summed E-state index contributed by atoms with van der Waals surface area (Å²) in [6.07, 6.45) is 6.39. The number of hydrogen-bond acceptors (Lipinski definition) is 4. The van der Waals surface area contributed by atoms with E-state index < -0.39 is 0 Å². The predicted molar refractivity (Wildman–Crippen MR) is 94.2 cm³/mol. The van der Waals surface area contributed by atoms with Crippen LogP contribution in [0.2, 0.25) is 0 Å². The van der Waals surface area contributed by atoms with E-state index in [0.29, 0.717) is 17.2 Å². The summed E-state index contributed by atoms with van der Waals surface area (Å²) in [6.45, 7) is 4.37. The molecule has 1 saturated carbocycles. The largest absolute Gasteiger partial charge is 0.468 e. The minimum absolute atomic E-state index is 0.0303. The lowest BCUT2D eigenvalue weighted by Gasteiger charge is -2.56. The summed E-state index contributed by atoms with van der Waals surface area (Å²) >= 11 is 0. The van der Waals surface area contributed by atoms with E-state index in [4.69, 9.17) is 8.83 Å². The molecule has 0 unspecified atom stereocenters. The molecule has 0 N–H and O–H groups in total. The van der Waals surface area contributed by atoms with Gasteiger partial charge in [0.15, 0.2) is 5.76 Å². The summed E-state index contributed by atoms with van der Waals surface area (Å²) < 4.78 is 11.0. The predicted octanol–water partition coefficient (Wildman–Crippen LogP) is 3.70. The molecule has 1 saturated heterocycles. The van der Waals surface area contributed by atoms with Crippen LogP contribution in [0.15, 0.2) is 39.4 Å². The lowest BCUT2D eigenvalue weighted by atomic mass is 9.58. The molecule has 0 radical (unpaired) electrons. The molecule has 1 aliphatic carbocycles. The number of carbonyl (C=O) groups is 1. The van der Waals surface area contributed by atoms with E-state index in [2.05, 4.69) is 11.9 Å². The van der Waals surface area contributed by atoms with Gasteiger partial charge in [0.2, 0.25) is 0 Å². The highest BCUT2D eigenvalue weighted by atomic mass is 16.4. The van der Waals surface area contributed by atoms with Gasteiger partial charge in [-0.05, 0) is 69.3 Å². The standard InChI is InChI=1S/C20H26N2O3/c1-15-5-6-17(25-15)19(23)22-11-9-20(10-12-22)8-7-18(20)21(2)14-16-4-3-13-24-16/h3-6,13,18H,7-12,14H2,1-2H3/t18-/m0/s1. The molecule has 1 atom stereocenters. The summed E-state index contributed by atoms with van der Waals surface area (Å²) in [5.41, 5.74) is 0.358. The maximum Gasteiger partial charge on any atom is 0.289 e. The topological polar surface area (TPSA) is 49.8 Å². The fourth-order valence-corrected chi connectivity index (χ4v) is 4.57. The second-order valence-electron chi connectivity index (χ2n) is 7.61. The van der Waals surface area contributed by atoms with Gasteiger partial charge in [-0.15, -0.1) is 0 Å². The fraction of sp³-hybridized carbons (Fsp3) is 0.550. The Morgan fingerprint density at radius 1 is 1.28 bits per heavy atom. The maximum atomic E-state index is 12.6. The quantitative estimate of drug-likeness (QED) is 0.850. The first kappa shape index (κ1) is 16.5. The summed E-state index contributed by atoms with van der Waals surface area (Å²) in [5.74, 6) is 2.30. The number of aryl methyl sites for hydroxylation is 1. The van der Waals surface area contributed by atoms with Crippen LogP contribution in [0, 0.1) is 12.3 Å². The summed E-state index contributed by atoms with van der Waals surface area (Å²) in [4.78, 5) is 16.9. The van der Waals surface area contributed by atoms with Crippen LogP contribution in [0.4, 0.5) is 0 Å². The number of nitrogens with zero attached hydrogens (tertiary/aromatic N) is 2. The average molecular weight is 342 g/mol. The lowest BCUT2D eigenvalue weighted by Crippen LogP contribution is -2.58. The van der Waals surface area contributed by atoms with Crippen LogP contribution in [0.1, 0.15) is 47.8 Å². The van der Waals surface area contributed by atoms with Crippen molar-refractivity contribution in [2.24, 2.45) is 5.41 Å². The van der Waals surface area contributed by atoms with Crippen LogP contribution < -0.4 is 0 Å². The second kappa shape index (κ2) is 6.37. The number of carbonyl (C=O) groups excluding carboxylic acids is 1.